The molecule has 1 aromatic rings. The zero-order chi connectivity index (χ0) is 14.3. The lowest BCUT2D eigenvalue weighted by Crippen LogP contribution is -2.20. The fraction of sp³-hybridized carbons (Fsp3) is 0.500. The van der Waals surface area contributed by atoms with Crippen molar-refractivity contribution in [1.29, 1.82) is 0 Å². The molecule has 106 valence electrons. The fourth-order valence-electron chi connectivity index (χ4n) is 1.63. The van der Waals surface area contributed by atoms with Gasteiger partial charge < -0.3 is 14.6 Å². The summed E-state index contributed by atoms with van der Waals surface area (Å²) in [5, 5.41) is 9.34. The summed E-state index contributed by atoms with van der Waals surface area (Å²) in [5.74, 6) is 0.256. The third-order valence-electron chi connectivity index (χ3n) is 2.39. The number of rotatable bonds is 8. The Hall–Kier alpha value is -1.20. The van der Waals surface area contributed by atoms with Crippen LogP contribution in [0.2, 0.25) is 0 Å². The van der Waals surface area contributed by atoms with Crippen molar-refractivity contribution in [2.24, 2.45) is 0 Å². The van der Waals surface area contributed by atoms with Gasteiger partial charge in [0, 0.05) is 11.5 Å². The molecule has 0 amide bonds. The van der Waals surface area contributed by atoms with Crippen LogP contribution < -0.4 is 4.74 Å². The molecule has 0 aromatic heterocycles. The number of carbonyl (C=O) groups is 1. The maximum absolute atomic E-state index is 11.4. The Balaban J connectivity index is 2.93. The smallest absolute Gasteiger partial charge is 0.340 e. The second-order valence-corrected chi connectivity index (χ2v) is 5.26. The summed E-state index contributed by atoms with van der Waals surface area (Å²) in [6, 6.07) is 5.30. The van der Waals surface area contributed by atoms with Crippen LogP contribution in [0.3, 0.4) is 0 Å². The molecular formula is C14H20O4S. The summed E-state index contributed by atoms with van der Waals surface area (Å²) in [4.78, 5) is 12.1. The minimum Gasteiger partial charge on any atom is -0.487 e. The molecule has 0 heterocycles. The van der Waals surface area contributed by atoms with E-state index in [0.717, 1.165) is 10.6 Å². The number of thioether (sulfide) groups is 1. The monoisotopic (exact) mass is 284 g/mol. The highest BCUT2D eigenvalue weighted by Gasteiger charge is 2.18. The summed E-state index contributed by atoms with van der Waals surface area (Å²) in [7, 11) is 0. The molecule has 1 unspecified atom stereocenters. The second kappa shape index (κ2) is 8.07. The molecule has 0 saturated carbocycles. The van der Waals surface area contributed by atoms with Crippen LogP contribution in [0.1, 0.15) is 31.1 Å². The van der Waals surface area contributed by atoms with Crippen molar-refractivity contribution in [3.8, 4) is 5.75 Å². The highest BCUT2D eigenvalue weighted by atomic mass is 32.2. The first-order valence-corrected chi connectivity index (χ1v) is 7.32. The first-order valence-electron chi connectivity index (χ1n) is 6.33. The average molecular weight is 284 g/mol. The molecule has 0 bridgehead atoms. The molecule has 0 spiro atoms. The molecular weight excluding hydrogens is 264 g/mol. The predicted molar refractivity (Wildman–Crippen MR) is 76.4 cm³/mol. The van der Waals surface area contributed by atoms with E-state index >= 15 is 0 Å². The lowest BCUT2D eigenvalue weighted by molar-refractivity contribution is 0.0603. The quantitative estimate of drug-likeness (QED) is 0.742. The van der Waals surface area contributed by atoms with Crippen LogP contribution in [-0.2, 0) is 4.74 Å². The molecule has 0 fully saturated rings. The zero-order valence-electron chi connectivity index (χ0n) is 11.5. The summed E-state index contributed by atoms with van der Waals surface area (Å²) in [6.45, 7) is 6.82. The number of hydrogen-bond donors (Lipinski definition) is 1. The lowest BCUT2D eigenvalue weighted by Gasteiger charge is -2.17. The van der Waals surface area contributed by atoms with Crippen molar-refractivity contribution in [3.05, 3.63) is 23.8 Å². The Labute approximate surface area is 118 Å². The van der Waals surface area contributed by atoms with E-state index in [1.165, 1.54) is 11.8 Å². The standard InChI is InChI=1S/C14H20O4S/c1-4-17-9-10(3)18-11-7-6-8-12(19-5-2)13(11)14(15)16/h6-8,10H,4-5,9H2,1-3H3,(H,15,16). The third kappa shape index (κ3) is 4.76. The normalized spacial score (nSPS) is 12.2. The minimum absolute atomic E-state index is 0.181. The summed E-state index contributed by atoms with van der Waals surface area (Å²) in [6.07, 6.45) is -0.181. The highest BCUT2D eigenvalue weighted by Crippen LogP contribution is 2.30. The van der Waals surface area contributed by atoms with Crippen LogP contribution in [0.5, 0.6) is 5.75 Å². The van der Waals surface area contributed by atoms with Crippen LogP contribution >= 0.6 is 11.8 Å². The number of carboxylic acid groups (broad SMARTS) is 1. The van der Waals surface area contributed by atoms with Gasteiger partial charge in [0.2, 0.25) is 0 Å². The summed E-state index contributed by atoms with van der Waals surface area (Å²) in [5.41, 5.74) is 0.234. The Morgan fingerprint density at radius 2 is 2.16 bits per heavy atom. The van der Waals surface area contributed by atoms with Gasteiger partial charge in [-0.05, 0) is 31.7 Å². The van der Waals surface area contributed by atoms with Gasteiger partial charge in [-0.1, -0.05) is 13.0 Å². The van der Waals surface area contributed by atoms with E-state index < -0.39 is 5.97 Å². The van der Waals surface area contributed by atoms with E-state index in [0.29, 0.717) is 19.0 Å². The summed E-state index contributed by atoms with van der Waals surface area (Å²) < 4.78 is 10.9. The molecule has 4 nitrogen and oxygen atoms in total. The van der Waals surface area contributed by atoms with E-state index in [4.69, 9.17) is 9.47 Å². The van der Waals surface area contributed by atoms with Crippen LogP contribution in [0.25, 0.3) is 0 Å². The van der Waals surface area contributed by atoms with Gasteiger partial charge in [0.05, 0.1) is 6.61 Å². The largest absolute Gasteiger partial charge is 0.487 e. The van der Waals surface area contributed by atoms with E-state index in [9.17, 15) is 9.90 Å². The van der Waals surface area contributed by atoms with Crippen LogP contribution in [0, 0.1) is 0 Å². The van der Waals surface area contributed by atoms with E-state index in [1.807, 2.05) is 26.8 Å². The van der Waals surface area contributed by atoms with Crippen LogP contribution in [0.15, 0.2) is 23.1 Å². The van der Waals surface area contributed by atoms with Crippen LogP contribution in [-0.4, -0.2) is 36.1 Å². The van der Waals surface area contributed by atoms with Crippen molar-refractivity contribution in [1.82, 2.24) is 0 Å². The van der Waals surface area contributed by atoms with Gasteiger partial charge in [-0.3, -0.25) is 0 Å². The van der Waals surface area contributed by atoms with Gasteiger partial charge in [0.25, 0.3) is 0 Å². The van der Waals surface area contributed by atoms with Crippen LogP contribution in [0.4, 0.5) is 0 Å². The lowest BCUT2D eigenvalue weighted by atomic mass is 10.2. The van der Waals surface area contributed by atoms with Gasteiger partial charge in [-0.2, -0.15) is 0 Å². The minimum atomic E-state index is -0.963. The first kappa shape index (κ1) is 15.9. The van der Waals surface area contributed by atoms with Gasteiger partial charge in [-0.15, -0.1) is 11.8 Å². The predicted octanol–water partition coefficient (Wildman–Crippen LogP) is 3.30. The third-order valence-corrected chi connectivity index (χ3v) is 3.33. The summed E-state index contributed by atoms with van der Waals surface area (Å²) >= 11 is 1.50. The maximum atomic E-state index is 11.4. The van der Waals surface area contributed by atoms with Gasteiger partial charge in [0.15, 0.2) is 0 Å². The second-order valence-electron chi connectivity index (χ2n) is 3.96. The van der Waals surface area contributed by atoms with Gasteiger partial charge in [0.1, 0.15) is 17.4 Å². The molecule has 1 N–H and O–H groups in total. The molecule has 5 heteroatoms. The Kier molecular flexibility index (Phi) is 6.73. The number of benzene rings is 1. The molecule has 0 aliphatic rings. The number of ether oxygens (including phenoxy) is 2. The van der Waals surface area contributed by atoms with E-state index in [1.54, 1.807) is 12.1 Å². The Morgan fingerprint density at radius 3 is 2.74 bits per heavy atom. The number of aromatic carboxylic acids is 1. The molecule has 1 rings (SSSR count). The topological polar surface area (TPSA) is 55.8 Å². The highest BCUT2D eigenvalue weighted by molar-refractivity contribution is 7.99. The van der Waals surface area contributed by atoms with Gasteiger partial charge in [-0.25, -0.2) is 4.79 Å². The molecule has 1 aromatic carbocycles. The molecule has 19 heavy (non-hydrogen) atoms. The average Bonchev–Trinajstić information content (AvgIpc) is 2.36. The van der Waals surface area contributed by atoms with E-state index in [-0.39, 0.29) is 11.7 Å². The van der Waals surface area contributed by atoms with Crippen molar-refractivity contribution < 1.29 is 19.4 Å². The molecule has 1 atom stereocenters. The maximum Gasteiger partial charge on any atom is 0.340 e. The molecule has 0 aliphatic heterocycles. The first-order chi connectivity index (χ1) is 9.10. The van der Waals surface area contributed by atoms with Crippen molar-refractivity contribution >= 4 is 17.7 Å². The van der Waals surface area contributed by atoms with Gasteiger partial charge >= 0.3 is 5.97 Å². The van der Waals surface area contributed by atoms with Crippen molar-refractivity contribution in [3.63, 3.8) is 0 Å². The van der Waals surface area contributed by atoms with E-state index in [2.05, 4.69) is 0 Å². The zero-order valence-corrected chi connectivity index (χ0v) is 12.3. The number of carboxylic acids is 1. The van der Waals surface area contributed by atoms with Crippen molar-refractivity contribution in [2.45, 2.75) is 31.8 Å². The number of hydrogen-bond acceptors (Lipinski definition) is 4. The molecule has 0 aliphatic carbocycles. The molecule has 0 saturated heterocycles. The fourth-order valence-corrected chi connectivity index (χ4v) is 2.45. The molecule has 0 radical (unpaired) electrons. The Morgan fingerprint density at radius 1 is 1.42 bits per heavy atom. The Bertz CT molecular complexity index is 420. The SMILES string of the molecule is CCOCC(C)Oc1cccc(SCC)c1C(=O)O. The van der Waals surface area contributed by atoms with Crippen molar-refractivity contribution in [2.75, 3.05) is 19.0 Å².